The summed E-state index contributed by atoms with van der Waals surface area (Å²) in [6, 6.07) is 17.2. The highest BCUT2D eigenvalue weighted by molar-refractivity contribution is 5.71. The van der Waals surface area contributed by atoms with E-state index in [4.69, 9.17) is 14.2 Å². The molecule has 0 aromatic heterocycles. The molecule has 0 heterocycles. The van der Waals surface area contributed by atoms with Crippen LogP contribution < -0.4 is 24.3 Å². The fraction of sp³-hybridized carbons (Fsp3) is 0.217. The van der Waals surface area contributed by atoms with Crippen LogP contribution in [0.5, 0.6) is 23.0 Å². The zero-order chi connectivity index (χ0) is 22.4. The molecule has 0 saturated heterocycles. The van der Waals surface area contributed by atoms with Gasteiger partial charge in [0.25, 0.3) is 0 Å². The lowest BCUT2D eigenvalue weighted by Gasteiger charge is -2.15. The molecule has 164 valence electrons. The molecule has 0 atom stereocenters. The molecule has 0 unspecified atom stereocenters. The minimum atomic E-state index is -4.71. The lowest BCUT2D eigenvalue weighted by Crippen LogP contribution is -2.17. The summed E-state index contributed by atoms with van der Waals surface area (Å²) in [5.74, 6) is 1.37. The van der Waals surface area contributed by atoms with Gasteiger partial charge in [-0.05, 0) is 59.2 Å². The maximum absolute atomic E-state index is 12.3. The average Bonchev–Trinajstić information content (AvgIpc) is 2.76. The molecular weight excluding hydrogens is 411 g/mol. The van der Waals surface area contributed by atoms with E-state index in [1.54, 1.807) is 21.3 Å². The first kappa shape index (κ1) is 22.1. The Morgan fingerprint density at radius 1 is 0.774 bits per heavy atom. The predicted molar refractivity (Wildman–Crippen MR) is 112 cm³/mol. The molecule has 0 radical (unpaired) electrons. The van der Waals surface area contributed by atoms with Crippen LogP contribution in [-0.2, 0) is 6.54 Å². The van der Waals surface area contributed by atoms with Crippen molar-refractivity contribution in [1.29, 1.82) is 0 Å². The number of hydrogen-bond acceptors (Lipinski definition) is 5. The highest BCUT2D eigenvalue weighted by atomic mass is 19.4. The van der Waals surface area contributed by atoms with Crippen LogP contribution in [0.25, 0.3) is 11.1 Å². The fourth-order valence-corrected chi connectivity index (χ4v) is 3.09. The SMILES string of the molecule is COc1cc(-c2cccc(CNc3ccc(OC(F)(F)F)cc3)c2)cc(OC)c1OC. The van der Waals surface area contributed by atoms with E-state index in [-0.39, 0.29) is 5.75 Å². The topological polar surface area (TPSA) is 49.0 Å². The van der Waals surface area contributed by atoms with Gasteiger partial charge in [0.1, 0.15) is 5.75 Å². The van der Waals surface area contributed by atoms with Crippen LogP contribution in [0.4, 0.5) is 18.9 Å². The van der Waals surface area contributed by atoms with E-state index < -0.39 is 6.36 Å². The van der Waals surface area contributed by atoms with Crippen LogP contribution in [-0.4, -0.2) is 27.7 Å². The summed E-state index contributed by atoms with van der Waals surface area (Å²) >= 11 is 0. The minimum absolute atomic E-state index is 0.262. The Hall–Kier alpha value is -3.55. The summed E-state index contributed by atoms with van der Waals surface area (Å²) in [4.78, 5) is 0. The Kier molecular flexibility index (Phi) is 6.79. The minimum Gasteiger partial charge on any atom is -0.493 e. The van der Waals surface area contributed by atoms with Gasteiger partial charge in [-0.15, -0.1) is 13.2 Å². The van der Waals surface area contributed by atoms with Gasteiger partial charge in [0.15, 0.2) is 11.5 Å². The molecule has 8 heteroatoms. The van der Waals surface area contributed by atoms with Gasteiger partial charge in [-0.2, -0.15) is 0 Å². The zero-order valence-electron chi connectivity index (χ0n) is 17.2. The summed E-state index contributed by atoms with van der Waals surface area (Å²) in [6.45, 7) is 0.484. The largest absolute Gasteiger partial charge is 0.573 e. The lowest BCUT2D eigenvalue weighted by molar-refractivity contribution is -0.274. The first-order valence-corrected chi connectivity index (χ1v) is 9.32. The molecule has 0 fully saturated rings. The molecule has 0 saturated carbocycles. The van der Waals surface area contributed by atoms with Crippen LogP contribution >= 0.6 is 0 Å². The Balaban J connectivity index is 1.75. The van der Waals surface area contributed by atoms with Crippen LogP contribution in [0.15, 0.2) is 60.7 Å². The van der Waals surface area contributed by atoms with Crippen molar-refractivity contribution < 1.29 is 32.1 Å². The number of methoxy groups -OCH3 is 3. The maximum Gasteiger partial charge on any atom is 0.573 e. The Bertz CT molecular complexity index is 995. The number of benzene rings is 3. The molecule has 0 amide bonds. The highest BCUT2D eigenvalue weighted by Crippen LogP contribution is 2.41. The molecule has 0 spiro atoms. The molecule has 31 heavy (non-hydrogen) atoms. The van der Waals surface area contributed by atoms with Crippen molar-refractivity contribution in [1.82, 2.24) is 0 Å². The summed E-state index contributed by atoms with van der Waals surface area (Å²) in [7, 11) is 4.67. The first-order valence-electron chi connectivity index (χ1n) is 9.32. The number of ether oxygens (including phenoxy) is 4. The second kappa shape index (κ2) is 9.51. The quantitative estimate of drug-likeness (QED) is 0.480. The molecular formula is C23H22F3NO4. The van der Waals surface area contributed by atoms with Gasteiger partial charge >= 0.3 is 6.36 Å². The van der Waals surface area contributed by atoms with Crippen molar-refractivity contribution in [2.75, 3.05) is 26.6 Å². The summed E-state index contributed by atoms with van der Waals surface area (Å²) < 4.78 is 56.9. The molecule has 3 rings (SSSR count). The molecule has 0 aliphatic carbocycles. The van der Waals surface area contributed by atoms with Crippen LogP contribution in [0, 0.1) is 0 Å². The van der Waals surface area contributed by atoms with Gasteiger partial charge in [0.2, 0.25) is 5.75 Å². The van der Waals surface area contributed by atoms with Crippen molar-refractivity contribution in [3.05, 3.63) is 66.2 Å². The number of halogens is 3. The normalized spacial score (nSPS) is 11.0. The second-order valence-corrected chi connectivity index (χ2v) is 6.54. The molecule has 3 aromatic rings. The summed E-state index contributed by atoms with van der Waals surface area (Å²) in [5.41, 5.74) is 3.51. The van der Waals surface area contributed by atoms with Gasteiger partial charge in [-0.1, -0.05) is 18.2 Å². The van der Waals surface area contributed by atoms with Gasteiger partial charge in [0.05, 0.1) is 21.3 Å². The van der Waals surface area contributed by atoms with Crippen molar-refractivity contribution in [2.45, 2.75) is 12.9 Å². The summed E-state index contributed by atoms with van der Waals surface area (Å²) in [6.07, 6.45) is -4.71. The molecule has 5 nitrogen and oxygen atoms in total. The third-order valence-electron chi connectivity index (χ3n) is 4.51. The molecule has 0 bridgehead atoms. The smallest absolute Gasteiger partial charge is 0.493 e. The van der Waals surface area contributed by atoms with Crippen molar-refractivity contribution in [3.63, 3.8) is 0 Å². The van der Waals surface area contributed by atoms with Gasteiger partial charge < -0.3 is 24.3 Å². The van der Waals surface area contributed by atoms with Crippen LogP contribution in [0.2, 0.25) is 0 Å². The third-order valence-corrected chi connectivity index (χ3v) is 4.51. The van der Waals surface area contributed by atoms with E-state index in [2.05, 4.69) is 10.1 Å². The van der Waals surface area contributed by atoms with E-state index in [0.717, 1.165) is 16.7 Å². The van der Waals surface area contributed by atoms with E-state index >= 15 is 0 Å². The first-order chi connectivity index (χ1) is 14.8. The number of nitrogens with one attached hydrogen (secondary N) is 1. The highest BCUT2D eigenvalue weighted by Gasteiger charge is 2.30. The number of alkyl halides is 3. The van der Waals surface area contributed by atoms with E-state index in [1.165, 1.54) is 24.3 Å². The van der Waals surface area contributed by atoms with E-state index in [1.807, 2.05) is 36.4 Å². The van der Waals surface area contributed by atoms with E-state index in [9.17, 15) is 13.2 Å². The van der Waals surface area contributed by atoms with Crippen molar-refractivity contribution in [3.8, 4) is 34.1 Å². The standard InChI is InChI=1S/C23H22F3NO4/c1-28-20-12-17(13-21(29-2)22(20)30-3)16-6-4-5-15(11-16)14-27-18-7-9-19(10-8-18)31-23(24,25)26/h4-13,27H,14H2,1-3H3. The lowest BCUT2D eigenvalue weighted by atomic mass is 10.0. The number of anilines is 1. The van der Waals surface area contributed by atoms with E-state index in [0.29, 0.717) is 29.5 Å². The monoisotopic (exact) mass is 433 g/mol. The predicted octanol–water partition coefficient (Wildman–Crippen LogP) is 5.89. The fourth-order valence-electron chi connectivity index (χ4n) is 3.09. The Morgan fingerprint density at radius 3 is 1.97 bits per heavy atom. The van der Waals surface area contributed by atoms with Crippen molar-refractivity contribution in [2.24, 2.45) is 0 Å². The van der Waals surface area contributed by atoms with Gasteiger partial charge in [-0.25, -0.2) is 0 Å². The third kappa shape index (κ3) is 5.75. The van der Waals surface area contributed by atoms with Gasteiger partial charge in [0, 0.05) is 12.2 Å². The van der Waals surface area contributed by atoms with Crippen LogP contribution in [0.1, 0.15) is 5.56 Å². The second-order valence-electron chi connectivity index (χ2n) is 6.54. The summed E-state index contributed by atoms with van der Waals surface area (Å²) in [5, 5.41) is 3.19. The molecule has 0 aliphatic heterocycles. The number of hydrogen-bond donors (Lipinski definition) is 1. The molecule has 0 aliphatic rings. The number of rotatable bonds is 8. The van der Waals surface area contributed by atoms with Crippen LogP contribution in [0.3, 0.4) is 0 Å². The Morgan fingerprint density at radius 2 is 1.42 bits per heavy atom. The maximum atomic E-state index is 12.3. The zero-order valence-corrected chi connectivity index (χ0v) is 17.2. The Labute approximate surface area is 178 Å². The molecule has 3 aromatic carbocycles. The van der Waals surface area contributed by atoms with Crippen molar-refractivity contribution >= 4 is 5.69 Å². The van der Waals surface area contributed by atoms with Gasteiger partial charge in [-0.3, -0.25) is 0 Å². The molecule has 1 N–H and O–H groups in total. The average molecular weight is 433 g/mol.